The van der Waals surface area contributed by atoms with Crippen molar-refractivity contribution in [2.75, 3.05) is 5.73 Å². The molecule has 0 atom stereocenters. The van der Waals surface area contributed by atoms with Gasteiger partial charge in [-0.2, -0.15) is 0 Å². The molecule has 10 heavy (non-hydrogen) atoms. The maximum absolute atomic E-state index is 5.75. The van der Waals surface area contributed by atoms with Gasteiger partial charge >= 0.3 is 0 Å². The summed E-state index contributed by atoms with van der Waals surface area (Å²) in [5.41, 5.74) is 12.0. The van der Waals surface area contributed by atoms with Crippen molar-refractivity contribution < 1.29 is 0 Å². The van der Waals surface area contributed by atoms with Crippen molar-refractivity contribution >= 4 is 17.3 Å². The van der Waals surface area contributed by atoms with Crippen molar-refractivity contribution in [3.05, 3.63) is 23.0 Å². The molecule has 54 valence electrons. The summed E-state index contributed by atoms with van der Waals surface area (Å²) in [5, 5.41) is 0.512. The Morgan fingerprint density at radius 2 is 2.20 bits per heavy atom. The minimum Gasteiger partial charge on any atom is -0.396 e. The molecule has 0 aliphatic rings. The molecule has 1 rings (SSSR count). The minimum absolute atomic E-state index is 0.372. The Bertz CT molecular complexity index is 236. The van der Waals surface area contributed by atoms with Crippen LogP contribution in [-0.4, -0.2) is 4.98 Å². The molecule has 0 amide bonds. The van der Waals surface area contributed by atoms with Gasteiger partial charge in [-0.05, 0) is 0 Å². The fourth-order valence-electron chi connectivity index (χ4n) is 0.649. The topological polar surface area (TPSA) is 64.9 Å². The highest BCUT2D eigenvalue weighted by Gasteiger charge is 2.00. The molecule has 4 N–H and O–H groups in total. The second-order valence-electron chi connectivity index (χ2n) is 1.91. The van der Waals surface area contributed by atoms with Crippen molar-refractivity contribution in [3.8, 4) is 0 Å². The molecule has 0 bridgehead atoms. The summed E-state index contributed by atoms with van der Waals surface area (Å²) in [4.78, 5) is 3.83. The Hall–Kier alpha value is -0.800. The van der Waals surface area contributed by atoms with E-state index < -0.39 is 0 Å². The SMILES string of the molecule is NCc1cncc(N)c1Cl. The number of rotatable bonds is 1. The predicted molar refractivity (Wildman–Crippen MR) is 41.6 cm³/mol. The molecule has 0 unspecified atom stereocenters. The molecule has 0 fully saturated rings. The van der Waals surface area contributed by atoms with Crippen LogP contribution in [0, 0.1) is 0 Å². The smallest absolute Gasteiger partial charge is 0.0711 e. The molecule has 0 saturated heterocycles. The van der Waals surface area contributed by atoms with Crippen LogP contribution in [0.1, 0.15) is 5.56 Å². The number of halogens is 1. The lowest BCUT2D eigenvalue weighted by molar-refractivity contribution is 1.05. The Morgan fingerprint density at radius 3 is 2.70 bits per heavy atom. The van der Waals surface area contributed by atoms with E-state index >= 15 is 0 Å². The normalized spacial score (nSPS) is 9.80. The Morgan fingerprint density at radius 1 is 1.50 bits per heavy atom. The van der Waals surface area contributed by atoms with Crippen LogP contribution in [0.25, 0.3) is 0 Å². The highest BCUT2D eigenvalue weighted by atomic mass is 35.5. The highest BCUT2D eigenvalue weighted by Crippen LogP contribution is 2.20. The summed E-state index contributed by atoms with van der Waals surface area (Å²) >= 11 is 5.75. The summed E-state index contributed by atoms with van der Waals surface area (Å²) < 4.78 is 0. The fraction of sp³-hybridized carbons (Fsp3) is 0.167. The van der Waals surface area contributed by atoms with Crippen LogP contribution in [0.4, 0.5) is 5.69 Å². The number of hydrogen-bond donors (Lipinski definition) is 2. The van der Waals surface area contributed by atoms with Crippen molar-refractivity contribution in [1.29, 1.82) is 0 Å². The second-order valence-corrected chi connectivity index (χ2v) is 2.28. The van der Waals surface area contributed by atoms with E-state index in [4.69, 9.17) is 23.1 Å². The van der Waals surface area contributed by atoms with Gasteiger partial charge in [-0.15, -0.1) is 0 Å². The van der Waals surface area contributed by atoms with Crippen LogP contribution in [0.5, 0.6) is 0 Å². The average Bonchev–Trinajstić information content (AvgIpc) is 1.95. The van der Waals surface area contributed by atoms with Gasteiger partial charge < -0.3 is 11.5 Å². The Labute approximate surface area is 64.0 Å². The molecule has 0 saturated carbocycles. The molecule has 0 radical (unpaired) electrons. The van der Waals surface area contributed by atoms with Gasteiger partial charge in [-0.1, -0.05) is 11.6 Å². The molecule has 3 nitrogen and oxygen atoms in total. The summed E-state index contributed by atoms with van der Waals surface area (Å²) in [6.45, 7) is 0.372. The minimum atomic E-state index is 0.372. The third-order valence-electron chi connectivity index (χ3n) is 1.20. The van der Waals surface area contributed by atoms with E-state index in [0.29, 0.717) is 17.3 Å². The van der Waals surface area contributed by atoms with E-state index in [0.717, 1.165) is 5.56 Å². The predicted octanol–water partition coefficient (Wildman–Crippen LogP) is 0.776. The lowest BCUT2D eigenvalue weighted by atomic mass is 10.3. The standard InChI is InChI=1S/C6H8ClN3/c7-6-4(1-8)2-10-3-5(6)9/h2-3H,1,8-9H2. The molecule has 0 aliphatic carbocycles. The zero-order valence-corrected chi connectivity index (χ0v) is 6.10. The molecular formula is C6H8ClN3. The van der Waals surface area contributed by atoms with Crippen molar-refractivity contribution in [2.45, 2.75) is 6.54 Å². The Kier molecular flexibility index (Phi) is 2.09. The van der Waals surface area contributed by atoms with Crippen LogP contribution in [0.2, 0.25) is 5.02 Å². The van der Waals surface area contributed by atoms with Crippen molar-refractivity contribution in [1.82, 2.24) is 4.98 Å². The number of nitrogens with two attached hydrogens (primary N) is 2. The van der Waals surface area contributed by atoms with Crippen molar-refractivity contribution in [2.24, 2.45) is 5.73 Å². The Balaban J connectivity index is 3.14. The van der Waals surface area contributed by atoms with E-state index in [9.17, 15) is 0 Å². The van der Waals surface area contributed by atoms with Gasteiger partial charge in [0.1, 0.15) is 0 Å². The van der Waals surface area contributed by atoms with Crippen LogP contribution < -0.4 is 11.5 Å². The first-order valence-electron chi connectivity index (χ1n) is 2.83. The average molecular weight is 158 g/mol. The lowest BCUT2D eigenvalue weighted by Gasteiger charge is -2.00. The fourth-order valence-corrected chi connectivity index (χ4v) is 0.823. The van der Waals surface area contributed by atoms with Crippen LogP contribution in [0.15, 0.2) is 12.4 Å². The third kappa shape index (κ3) is 1.20. The van der Waals surface area contributed by atoms with Gasteiger partial charge in [0.05, 0.1) is 16.9 Å². The molecular weight excluding hydrogens is 150 g/mol. The number of pyridine rings is 1. The van der Waals surface area contributed by atoms with E-state index in [1.54, 1.807) is 6.20 Å². The van der Waals surface area contributed by atoms with Gasteiger partial charge in [0, 0.05) is 18.3 Å². The van der Waals surface area contributed by atoms with E-state index in [2.05, 4.69) is 4.98 Å². The molecule has 1 heterocycles. The van der Waals surface area contributed by atoms with Crippen LogP contribution in [0.3, 0.4) is 0 Å². The zero-order chi connectivity index (χ0) is 7.56. The first-order valence-corrected chi connectivity index (χ1v) is 3.21. The maximum atomic E-state index is 5.75. The molecule has 1 aromatic rings. The van der Waals surface area contributed by atoms with Gasteiger partial charge in [0.15, 0.2) is 0 Å². The number of nitrogen functional groups attached to an aromatic ring is 1. The van der Waals surface area contributed by atoms with Crippen LogP contribution in [-0.2, 0) is 6.54 Å². The second kappa shape index (κ2) is 2.86. The maximum Gasteiger partial charge on any atom is 0.0711 e. The molecule has 1 aromatic heterocycles. The molecule has 0 spiro atoms. The lowest BCUT2D eigenvalue weighted by Crippen LogP contribution is -2.00. The number of anilines is 1. The molecule has 0 aliphatic heterocycles. The van der Waals surface area contributed by atoms with Gasteiger partial charge in [0.25, 0.3) is 0 Å². The summed E-state index contributed by atoms with van der Waals surface area (Å²) in [6.07, 6.45) is 3.11. The zero-order valence-electron chi connectivity index (χ0n) is 5.34. The van der Waals surface area contributed by atoms with E-state index in [1.807, 2.05) is 0 Å². The van der Waals surface area contributed by atoms with E-state index in [1.165, 1.54) is 6.20 Å². The molecule has 4 heteroatoms. The van der Waals surface area contributed by atoms with Gasteiger partial charge in [-0.25, -0.2) is 0 Å². The summed E-state index contributed by atoms with van der Waals surface area (Å²) in [5.74, 6) is 0. The first-order chi connectivity index (χ1) is 4.75. The number of nitrogens with zero attached hydrogens (tertiary/aromatic N) is 1. The molecule has 0 aromatic carbocycles. The van der Waals surface area contributed by atoms with Gasteiger partial charge in [0.2, 0.25) is 0 Å². The van der Waals surface area contributed by atoms with Crippen LogP contribution >= 0.6 is 11.6 Å². The van der Waals surface area contributed by atoms with Crippen molar-refractivity contribution in [3.63, 3.8) is 0 Å². The largest absolute Gasteiger partial charge is 0.396 e. The third-order valence-corrected chi connectivity index (χ3v) is 1.66. The number of aromatic nitrogens is 1. The summed E-state index contributed by atoms with van der Waals surface area (Å²) in [7, 11) is 0. The van der Waals surface area contributed by atoms with E-state index in [-0.39, 0.29) is 0 Å². The first kappa shape index (κ1) is 7.31. The monoisotopic (exact) mass is 157 g/mol. The van der Waals surface area contributed by atoms with Gasteiger partial charge in [-0.3, -0.25) is 4.98 Å². The quantitative estimate of drug-likeness (QED) is 0.633. The highest BCUT2D eigenvalue weighted by molar-refractivity contribution is 6.33. The number of hydrogen-bond acceptors (Lipinski definition) is 3. The summed E-state index contributed by atoms with van der Waals surface area (Å²) in [6, 6.07) is 0.